The molecule has 39 heavy (non-hydrogen) atoms. The summed E-state index contributed by atoms with van der Waals surface area (Å²) in [4.78, 5) is 33.5. The molecule has 196 valence electrons. The number of anilines is 1. The van der Waals surface area contributed by atoms with E-state index in [1.54, 1.807) is 17.8 Å². The van der Waals surface area contributed by atoms with Crippen molar-refractivity contribution in [1.82, 2.24) is 19.7 Å². The molecule has 0 bridgehead atoms. The molecule has 1 fully saturated rings. The number of thiazole rings is 1. The van der Waals surface area contributed by atoms with Crippen molar-refractivity contribution in [3.05, 3.63) is 112 Å². The number of carbonyl (C=O) groups is 1. The number of piperidine rings is 1. The lowest BCUT2D eigenvalue weighted by atomic mass is 9.88. The lowest BCUT2D eigenvalue weighted by Gasteiger charge is -2.29. The van der Waals surface area contributed by atoms with Gasteiger partial charge in [-0.25, -0.2) is 9.67 Å². The first-order valence-corrected chi connectivity index (χ1v) is 14.0. The van der Waals surface area contributed by atoms with E-state index in [0.717, 1.165) is 29.6 Å². The second-order valence-corrected chi connectivity index (χ2v) is 10.9. The van der Waals surface area contributed by atoms with E-state index in [1.165, 1.54) is 34.4 Å². The van der Waals surface area contributed by atoms with Crippen LogP contribution in [0.1, 0.15) is 35.9 Å². The molecule has 0 radical (unpaired) electrons. The Morgan fingerprint density at radius 2 is 1.74 bits per heavy atom. The monoisotopic (exact) mass is 535 g/mol. The highest BCUT2D eigenvalue weighted by Crippen LogP contribution is 2.30. The van der Waals surface area contributed by atoms with Gasteiger partial charge in [0.1, 0.15) is 0 Å². The van der Waals surface area contributed by atoms with Crippen molar-refractivity contribution in [1.29, 1.82) is 0 Å². The summed E-state index contributed by atoms with van der Waals surface area (Å²) in [6.07, 6.45) is 5.67. The molecule has 3 aromatic carbocycles. The molecule has 0 saturated carbocycles. The van der Waals surface area contributed by atoms with E-state index in [4.69, 9.17) is 0 Å². The molecule has 2 aromatic heterocycles. The lowest BCUT2D eigenvalue weighted by Crippen LogP contribution is -2.35. The van der Waals surface area contributed by atoms with Crippen LogP contribution in [0.25, 0.3) is 21.9 Å². The predicted molar refractivity (Wildman–Crippen MR) is 156 cm³/mol. The summed E-state index contributed by atoms with van der Waals surface area (Å²) < 4.78 is 1.26. The maximum absolute atomic E-state index is 13.6. The van der Waals surface area contributed by atoms with Crippen LogP contribution in [0, 0.1) is 0 Å². The van der Waals surface area contributed by atoms with Gasteiger partial charge in [-0.2, -0.15) is 5.10 Å². The zero-order chi connectivity index (χ0) is 26.8. The van der Waals surface area contributed by atoms with Crippen molar-refractivity contribution in [2.24, 2.45) is 0 Å². The minimum Gasteiger partial charge on any atom is -0.306 e. The van der Waals surface area contributed by atoms with Gasteiger partial charge >= 0.3 is 0 Å². The van der Waals surface area contributed by atoms with Crippen LogP contribution >= 0.6 is 11.3 Å². The van der Waals surface area contributed by atoms with Crippen molar-refractivity contribution in [3.8, 4) is 11.1 Å². The van der Waals surface area contributed by atoms with E-state index in [9.17, 15) is 9.59 Å². The first-order chi connectivity index (χ1) is 19.1. The molecule has 5 aromatic rings. The summed E-state index contributed by atoms with van der Waals surface area (Å²) in [7, 11) is 2.18. The number of carbonyl (C=O) groups excluding carboxylic acids is 1. The van der Waals surface area contributed by atoms with Crippen LogP contribution in [0.3, 0.4) is 0 Å². The van der Waals surface area contributed by atoms with Crippen molar-refractivity contribution in [2.45, 2.75) is 24.8 Å². The number of nitrogens with one attached hydrogen (secondary N) is 1. The minimum absolute atomic E-state index is 0.320. The fourth-order valence-electron chi connectivity index (χ4n) is 5.32. The Labute approximate surface area is 230 Å². The second-order valence-electron chi connectivity index (χ2n) is 10.0. The second kappa shape index (κ2) is 10.9. The van der Waals surface area contributed by atoms with Gasteiger partial charge < -0.3 is 4.90 Å². The average Bonchev–Trinajstić information content (AvgIpc) is 3.48. The lowest BCUT2D eigenvalue weighted by molar-refractivity contribution is -0.118. The molecule has 1 saturated heterocycles. The van der Waals surface area contributed by atoms with Gasteiger partial charge in [0.2, 0.25) is 0 Å². The largest absolute Gasteiger partial charge is 0.306 e. The topological polar surface area (TPSA) is 80.1 Å². The SMILES string of the molecule is CN1CCC(c2ccc(-c3ccc4c(=O)n(C(C(=O)Nc5nccs5)c5ccccc5)ncc4c3)cc2)CC1. The average molecular weight is 536 g/mol. The van der Waals surface area contributed by atoms with Crippen molar-refractivity contribution in [3.63, 3.8) is 0 Å². The number of amides is 1. The first-order valence-electron chi connectivity index (χ1n) is 13.1. The smallest absolute Gasteiger partial charge is 0.275 e. The molecular formula is C31H29N5O2S. The number of hydrogen-bond donors (Lipinski definition) is 1. The Kier molecular flexibility index (Phi) is 7.04. The van der Waals surface area contributed by atoms with E-state index in [-0.39, 0.29) is 11.5 Å². The summed E-state index contributed by atoms with van der Waals surface area (Å²) in [5.74, 6) is 0.242. The van der Waals surface area contributed by atoms with Gasteiger partial charge in [-0.3, -0.25) is 14.9 Å². The van der Waals surface area contributed by atoms with Crippen LogP contribution in [0.15, 0.2) is 95.4 Å². The third kappa shape index (κ3) is 5.26. The summed E-state index contributed by atoms with van der Waals surface area (Å²) >= 11 is 1.32. The molecule has 1 aliphatic heterocycles. The molecule has 0 spiro atoms. The van der Waals surface area contributed by atoms with Gasteiger partial charge in [0.25, 0.3) is 11.5 Å². The molecule has 1 atom stereocenters. The molecule has 0 aliphatic carbocycles. The van der Waals surface area contributed by atoms with Gasteiger partial charge in [-0.15, -0.1) is 11.3 Å². The fraction of sp³-hybridized carbons (Fsp3) is 0.226. The van der Waals surface area contributed by atoms with E-state index in [1.807, 2.05) is 48.5 Å². The summed E-state index contributed by atoms with van der Waals surface area (Å²) in [5, 5.41) is 10.8. The van der Waals surface area contributed by atoms with Crippen LogP contribution < -0.4 is 10.9 Å². The first kappa shape index (κ1) is 25.2. The number of aromatic nitrogens is 3. The normalized spacial score (nSPS) is 15.3. The van der Waals surface area contributed by atoms with Gasteiger partial charge in [-0.1, -0.05) is 60.7 Å². The molecule has 1 unspecified atom stereocenters. The quantitative estimate of drug-likeness (QED) is 0.308. The highest BCUT2D eigenvalue weighted by Gasteiger charge is 2.26. The maximum Gasteiger partial charge on any atom is 0.275 e. The number of nitrogens with zero attached hydrogens (tertiary/aromatic N) is 4. The minimum atomic E-state index is -0.932. The molecule has 1 N–H and O–H groups in total. The molecule has 3 heterocycles. The number of fused-ring (bicyclic) bond motifs is 1. The zero-order valence-electron chi connectivity index (χ0n) is 21.7. The van der Waals surface area contributed by atoms with E-state index >= 15 is 0 Å². The van der Waals surface area contributed by atoms with E-state index in [2.05, 4.69) is 51.6 Å². The van der Waals surface area contributed by atoms with Crippen molar-refractivity contribution >= 4 is 33.1 Å². The van der Waals surface area contributed by atoms with Gasteiger partial charge in [0.15, 0.2) is 11.2 Å². The summed E-state index contributed by atoms with van der Waals surface area (Å²) in [6.45, 7) is 2.28. The summed E-state index contributed by atoms with van der Waals surface area (Å²) in [6, 6.07) is 22.9. The Balaban J connectivity index is 1.31. The Hall–Kier alpha value is -4.14. The van der Waals surface area contributed by atoms with Crippen LogP contribution in [-0.2, 0) is 4.79 Å². The molecular weight excluding hydrogens is 506 g/mol. The van der Waals surface area contributed by atoms with Gasteiger partial charge in [0, 0.05) is 17.0 Å². The van der Waals surface area contributed by atoms with Gasteiger partial charge in [-0.05, 0) is 73.3 Å². The molecule has 8 heteroatoms. The highest BCUT2D eigenvalue weighted by atomic mass is 32.1. The van der Waals surface area contributed by atoms with E-state index < -0.39 is 6.04 Å². The van der Waals surface area contributed by atoms with Gasteiger partial charge in [0.05, 0.1) is 11.6 Å². The molecule has 1 amide bonds. The van der Waals surface area contributed by atoms with Crippen molar-refractivity contribution in [2.75, 3.05) is 25.5 Å². The Morgan fingerprint density at radius 3 is 2.46 bits per heavy atom. The van der Waals surface area contributed by atoms with Crippen LogP contribution in [-0.4, -0.2) is 45.7 Å². The zero-order valence-corrected chi connectivity index (χ0v) is 22.5. The standard InChI is InChI=1S/C31H29N5O2S/c1-35-16-13-23(14-17-35)21-7-9-22(10-8-21)25-11-12-27-26(19-25)20-33-36(30(27)38)28(24-5-3-2-4-6-24)29(37)34-31-32-15-18-39-31/h2-12,15,18-20,23,28H,13-14,16-17H2,1H3,(H,32,34,37). The number of hydrogen-bond acceptors (Lipinski definition) is 6. The summed E-state index contributed by atoms with van der Waals surface area (Å²) in [5.41, 5.74) is 3.86. The molecule has 1 aliphatic rings. The van der Waals surface area contributed by atoms with Crippen molar-refractivity contribution < 1.29 is 4.79 Å². The number of benzene rings is 3. The van der Waals surface area contributed by atoms with E-state index in [0.29, 0.717) is 22.0 Å². The van der Waals surface area contributed by atoms with Crippen LogP contribution in [0.2, 0.25) is 0 Å². The number of likely N-dealkylation sites (tertiary alicyclic amines) is 1. The predicted octanol–water partition coefficient (Wildman–Crippen LogP) is 5.56. The van der Waals surface area contributed by atoms with Crippen LogP contribution in [0.4, 0.5) is 5.13 Å². The third-order valence-electron chi connectivity index (χ3n) is 7.52. The number of rotatable bonds is 6. The van der Waals surface area contributed by atoms with Crippen LogP contribution in [0.5, 0.6) is 0 Å². The molecule has 7 nitrogen and oxygen atoms in total. The Bertz CT molecular complexity index is 1640. The fourth-order valence-corrected chi connectivity index (χ4v) is 5.85. The third-order valence-corrected chi connectivity index (χ3v) is 8.20. The maximum atomic E-state index is 13.6. The highest BCUT2D eigenvalue weighted by molar-refractivity contribution is 7.13. The Morgan fingerprint density at radius 1 is 1.00 bits per heavy atom. The molecule has 6 rings (SSSR count).